The highest BCUT2D eigenvalue weighted by atomic mass is 35.5. The summed E-state index contributed by atoms with van der Waals surface area (Å²) in [5.41, 5.74) is 0.418. The Morgan fingerprint density at radius 2 is 1.53 bits per heavy atom. The first-order valence-corrected chi connectivity index (χ1v) is 25.2. The van der Waals surface area contributed by atoms with Gasteiger partial charge in [-0.3, -0.25) is 9.59 Å². The number of rotatable bonds is 13. The Morgan fingerprint density at radius 3 is 2.12 bits per heavy atom. The van der Waals surface area contributed by atoms with Crippen LogP contribution in [0.2, 0.25) is 10.0 Å². The molecular formula is C52H76Cl2O18. The molecule has 2 fully saturated rings. The number of allylic oxidation sites excluding steroid dienone is 3. The Kier molecular flexibility index (Phi) is 22.6. The topological polar surface area (TPSA) is 267 Å². The van der Waals surface area contributed by atoms with Crippen molar-refractivity contribution < 1.29 is 88.0 Å². The van der Waals surface area contributed by atoms with Crippen LogP contribution in [0.5, 0.6) is 11.5 Å². The molecule has 0 aliphatic carbocycles. The first-order chi connectivity index (χ1) is 33.7. The fourth-order valence-corrected chi connectivity index (χ4v) is 9.38. The number of carbonyl (C=O) groups excluding carboxylic acids is 3. The van der Waals surface area contributed by atoms with Crippen LogP contribution in [-0.2, 0) is 53.9 Å². The molecule has 72 heavy (non-hydrogen) atoms. The lowest BCUT2D eigenvalue weighted by Gasteiger charge is -2.47. The van der Waals surface area contributed by atoms with E-state index in [0.29, 0.717) is 23.1 Å². The minimum atomic E-state index is -1.60. The van der Waals surface area contributed by atoms with Crippen molar-refractivity contribution in [2.45, 2.75) is 194 Å². The number of hydrogen-bond donors (Lipinski definition) is 7. The summed E-state index contributed by atoms with van der Waals surface area (Å²) in [6.45, 7) is 18.3. The number of ether oxygens (including phenoxy) is 8. The molecule has 0 amide bonds. The van der Waals surface area contributed by atoms with Crippen LogP contribution in [-0.4, -0.2) is 153 Å². The van der Waals surface area contributed by atoms with Gasteiger partial charge in [0.1, 0.15) is 46.7 Å². The summed E-state index contributed by atoms with van der Waals surface area (Å²) in [5, 5.41) is 76.5. The Labute approximate surface area is 432 Å². The third-order valence-corrected chi connectivity index (χ3v) is 14.0. The van der Waals surface area contributed by atoms with Gasteiger partial charge < -0.3 is 73.6 Å². The van der Waals surface area contributed by atoms with Crippen LogP contribution in [0.15, 0.2) is 47.1 Å². The Balaban J connectivity index is 1.58. The number of aliphatic hydroxyl groups is 5. The zero-order chi connectivity index (χ0) is 54.1. The van der Waals surface area contributed by atoms with Crippen LogP contribution in [0.25, 0.3) is 0 Å². The van der Waals surface area contributed by atoms with E-state index < -0.39 is 137 Å². The number of methoxy groups -OCH3 is 1. The third-order valence-electron chi connectivity index (χ3n) is 13.3. The van der Waals surface area contributed by atoms with Gasteiger partial charge in [-0.15, -0.1) is 0 Å². The highest BCUT2D eigenvalue weighted by Gasteiger charge is 2.53. The van der Waals surface area contributed by atoms with Gasteiger partial charge in [-0.1, -0.05) is 86.9 Å². The number of aliphatic hydroxyl groups excluding tert-OH is 5. The van der Waals surface area contributed by atoms with Crippen molar-refractivity contribution in [3.8, 4) is 11.5 Å². The van der Waals surface area contributed by atoms with Gasteiger partial charge in [-0.05, 0) is 90.9 Å². The van der Waals surface area contributed by atoms with E-state index in [1.165, 1.54) is 21.0 Å². The van der Waals surface area contributed by atoms with E-state index in [9.17, 15) is 50.1 Å². The minimum absolute atomic E-state index is 0.0539. The van der Waals surface area contributed by atoms with Crippen molar-refractivity contribution in [1.82, 2.24) is 0 Å². The molecule has 15 atom stereocenters. The largest absolute Gasteiger partial charge is 0.505 e. The average molecular weight is 1060 g/mol. The molecule has 4 rings (SSSR count). The molecule has 18 nitrogen and oxygen atoms in total. The summed E-state index contributed by atoms with van der Waals surface area (Å²) >= 11 is 12.3. The SMILES string of the molecule is CCc1c(Cl)c(O)c(Cl)c(O)c1C(=O)O[C@H]1[C@H](O)[C@H](OC)[C@H](OCC2C/C=C/C[C@H](O)/C(C)=C/[C@H](CC)[C@@H](O[C@@H]3OC(C)(C)[C@@H](OC(=O)C(C)C)[C@H](O)[C@@H]3O)/C(C)=C/C(C)=C/C[C@@H]([C@@H](C)O)OC2=O)O[C@@H]1C. The number of phenolic OH excluding ortho intramolecular Hbond substituents is 2. The van der Waals surface area contributed by atoms with Crippen LogP contribution in [0.4, 0.5) is 0 Å². The number of hydrogen-bond acceptors (Lipinski definition) is 18. The van der Waals surface area contributed by atoms with Gasteiger partial charge >= 0.3 is 17.9 Å². The summed E-state index contributed by atoms with van der Waals surface area (Å²) in [4.78, 5) is 40.1. The molecule has 1 aromatic carbocycles. The molecule has 3 aliphatic rings. The van der Waals surface area contributed by atoms with Gasteiger partial charge in [0.15, 0.2) is 36.3 Å². The summed E-state index contributed by atoms with van der Waals surface area (Å²) in [7, 11) is 1.28. The highest BCUT2D eigenvalue weighted by molar-refractivity contribution is 6.39. The van der Waals surface area contributed by atoms with E-state index >= 15 is 0 Å². The average Bonchev–Trinajstić information content (AvgIpc) is 3.32. The molecule has 406 valence electrons. The molecule has 3 heterocycles. The molecule has 3 aliphatic heterocycles. The molecule has 0 bridgehead atoms. The zero-order valence-corrected chi connectivity index (χ0v) is 44.8. The summed E-state index contributed by atoms with van der Waals surface area (Å²) < 4.78 is 47.7. The Hall–Kier alpha value is -3.63. The first-order valence-electron chi connectivity index (χ1n) is 24.5. The maximum Gasteiger partial charge on any atom is 0.342 e. The molecule has 7 N–H and O–H groups in total. The molecule has 1 unspecified atom stereocenters. The third kappa shape index (κ3) is 14.8. The molecule has 0 saturated carbocycles. The summed E-state index contributed by atoms with van der Waals surface area (Å²) in [5.74, 6) is -5.60. The van der Waals surface area contributed by atoms with Crippen molar-refractivity contribution >= 4 is 41.1 Å². The van der Waals surface area contributed by atoms with E-state index in [0.717, 1.165) is 0 Å². The number of cyclic esters (lactones) is 1. The van der Waals surface area contributed by atoms with E-state index in [1.807, 2.05) is 32.9 Å². The molecule has 0 radical (unpaired) electrons. The van der Waals surface area contributed by atoms with Crippen LogP contribution < -0.4 is 0 Å². The lowest BCUT2D eigenvalue weighted by molar-refractivity contribution is -0.333. The maximum absolute atomic E-state index is 14.0. The lowest BCUT2D eigenvalue weighted by atomic mass is 9.88. The minimum Gasteiger partial charge on any atom is -0.505 e. The van der Waals surface area contributed by atoms with Gasteiger partial charge in [-0.2, -0.15) is 0 Å². The second-order valence-corrected chi connectivity index (χ2v) is 20.5. The van der Waals surface area contributed by atoms with E-state index in [1.54, 1.807) is 59.8 Å². The quantitative estimate of drug-likeness (QED) is 0.0648. The van der Waals surface area contributed by atoms with Crippen molar-refractivity contribution in [2.75, 3.05) is 13.7 Å². The second-order valence-electron chi connectivity index (χ2n) is 19.7. The summed E-state index contributed by atoms with van der Waals surface area (Å²) in [6.07, 6.45) is -6.20. The number of benzene rings is 1. The lowest BCUT2D eigenvalue weighted by Crippen LogP contribution is -2.64. The molecule has 20 heteroatoms. The predicted octanol–water partition coefficient (Wildman–Crippen LogP) is 6.31. The molecule has 1 aromatic rings. The van der Waals surface area contributed by atoms with Gasteiger partial charge in [0.2, 0.25) is 0 Å². The van der Waals surface area contributed by atoms with Crippen molar-refractivity contribution in [3.63, 3.8) is 0 Å². The van der Waals surface area contributed by atoms with E-state index in [2.05, 4.69) is 0 Å². The molecule has 0 spiro atoms. The van der Waals surface area contributed by atoms with Crippen LogP contribution in [0, 0.1) is 17.8 Å². The highest BCUT2D eigenvalue weighted by Crippen LogP contribution is 2.45. The maximum atomic E-state index is 14.0. The number of phenols is 2. The van der Waals surface area contributed by atoms with Crippen molar-refractivity contribution in [3.05, 3.63) is 68.3 Å². The van der Waals surface area contributed by atoms with Gasteiger partial charge in [-0.25, -0.2) is 4.79 Å². The predicted molar refractivity (Wildman–Crippen MR) is 265 cm³/mol. The molecule has 2 saturated heterocycles. The fourth-order valence-electron chi connectivity index (χ4n) is 8.82. The van der Waals surface area contributed by atoms with Gasteiger partial charge in [0.25, 0.3) is 0 Å². The van der Waals surface area contributed by atoms with Gasteiger partial charge in [0, 0.05) is 19.4 Å². The van der Waals surface area contributed by atoms with Crippen LogP contribution in [0.1, 0.15) is 118 Å². The number of esters is 3. The monoisotopic (exact) mass is 1060 g/mol. The smallest absolute Gasteiger partial charge is 0.342 e. The standard InChI is InChI=1S/C52H76Cl2O18/c1-13-30-22-26(6)33(56)18-16-15-17-31(23-66-51-45(65-12)42(61)44(29(9)67-51)69-49(64)35-32(14-2)36(53)39(58)37(54)38(35)57)48(63)68-34(28(8)55)20-19-25(5)21-27(7)43(30)70-50-41(60)40(59)46(52(10,11)72-50)71-47(62)24(3)4/h15-16,19,21-22,24,28-31,33-34,40-46,50-51,55-61H,13-14,17-18,20,23H2,1-12H3/b16-15+,25-19+,26-22+,27-21+/t28-,29-,30+,31?,33+,34+,40-,41+,42+,43+,44-,45+,46+,50-,51-/m1/s1. The number of halogens is 2. The summed E-state index contributed by atoms with van der Waals surface area (Å²) in [6, 6.07) is 0. The van der Waals surface area contributed by atoms with Crippen molar-refractivity contribution in [2.24, 2.45) is 17.8 Å². The Bertz CT molecular complexity index is 2150. The molecular weight excluding hydrogens is 983 g/mol. The van der Waals surface area contributed by atoms with Crippen LogP contribution in [0.3, 0.4) is 0 Å². The second kappa shape index (κ2) is 26.7. The van der Waals surface area contributed by atoms with Crippen LogP contribution >= 0.6 is 23.2 Å². The fraction of sp³-hybridized carbons (Fsp3) is 0.673. The number of aromatic hydroxyl groups is 2. The first kappa shape index (κ1) is 60.9. The number of carbonyl (C=O) groups is 3. The zero-order valence-electron chi connectivity index (χ0n) is 43.2. The van der Waals surface area contributed by atoms with Gasteiger partial charge in [0.05, 0.1) is 47.9 Å². The van der Waals surface area contributed by atoms with E-state index in [-0.39, 0.29) is 48.8 Å². The van der Waals surface area contributed by atoms with E-state index in [4.69, 9.17) is 61.1 Å². The normalized spacial score (nSPS) is 35.2. The Morgan fingerprint density at radius 1 is 0.875 bits per heavy atom. The van der Waals surface area contributed by atoms with Crippen molar-refractivity contribution in [1.29, 1.82) is 0 Å². The molecule has 0 aromatic heterocycles.